The van der Waals surface area contributed by atoms with E-state index in [1.807, 2.05) is 22.6 Å². The van der Waals surface area contributed by atoms with Crippen LogP contribution in [0.3, 0.4) is 0 Å². The van der Waals surface area contributed by atoms with Crippen LogP contribution in [0.2, 0.25) is 0 Å². The molecule has 0 saturated carbocycles. The van der Waals surface area contributed by atoms with E-state index in [1.54, 1.807) is 11.0 Å². The Balaban J connectivity index is 3.50. The molecule has 0 N–H and O–H groups in total. The third kappa shape index (κ3) is 2.38. The van der Waals surface area contributed by atoms with Crippen LogP contribution in [0.1, 0.15) is 6.92 Å². The van der Waals surface area contributed by atoms with Gasteiger partial charge < -0.3 is 0 Å². The van der Waals surface area contributed by atoms with E-state index in [1.165, 1.54) is 0 Å². The second kappa shape index (κ2) is 3.33. The van der Waals surface area contributed by atoms with E-state index in [0.717, 1.165) is 11.9 Å². The lowest BCUT2D eigenvalue weighted by Crippen LogP contribution is -1.68. The number of carbonyl (C=O) groups is 1. The summed E-state index contributed by atoms with van der Waals surface area (Å²) in [7, 11) is 0. The Kier molecular flexibility index (Phi) is 3.41. The first kappa shape index (κ1) is 6.14. The van der Waals surface area contributed by atoms with Crippen molar-refractivity contribution in [2.45, 2.75) is 6.92 Å². The van der Waals surface area contributed by atoms with Gasteiger partial charge in [-0.2, -0.15) is 0 Å². The Morgan fingerprint density at radius 2 is 2.33 bits per heavy atom. The molecule has 0 amide bonds. The normalized spacial score (nSPS) is 11.3. The molecule has 0 heterocycles. The van der Waals surface area contributed by atoms with Gasteiger partial charge in [-0.15, -0.1) is 0 Å². The fraction of sp³-hybridized carbons (Fsp3) is 0.250. The third-order valence-corrected chi connectivity index (χ3v) is 1.34. The molecular formula is C4H5IO. The summed E-state index contributed by atoms with van der Waals surface area (Å²) in [5.41, 5.74) is 0.774. The van der Waals surface area contributed by atoms with Gasteiger partial charge in [-0.1, -0.05) is 22.6 Å². The molecule has 0 spiro atoms. The van der Waals surface area contributed by atoms with Crippen molar-refractivity contribution in [1.29, 1.82) is 0 Å². The van der Waals surface area contributed by atoms with Gasteiger partial charge in [0, 0.05) is 0 Å². The SMILES string of the molecule is C/C(C=O)=C\I. The summed E-state index contributed by atoms with van der Waals surface area (Å²) in [6.07, 6.45) is 0.826. The van der Waals surface area contributed by atoms with Gasteiger partial charge >= 0.3 is 0 Å². The maximum atomic E-state index is 9.66. The predicted molar refractivity (Wildman–Crippen MR) is 33.8 cm³/mol. The van der Waals surface area contributed by atoms with Gasteiger partial charge in [0.25, 0.3) is 0 Å². The van der Waals surface area contributed by atoms with Gasteiger partial charge in [0.1, 0.15) is 6.29 Å². The van der Waals surface area contributed by atoms with Gasteiger partial charge in [0.15, 0.2) is 0 Å². The second-order valence-corrected chi connectivity index (χ2v) is 1.59. The molecule has 0 aromatic carbocycles. The van der Waals surface area contributed by atoms with E-state index < -0.39 is 0 Å². The molecule has 34 valence electrons. The van der Waals surface area contributed by atoms with E-state index in [9.17, 15) is 4.79 Å². The van der Waals surface area contributed by atoms with Gasteiger partial charge in [-0.05, 0) is 16.6 Å². The average molecular weight is 196 g/mol. The Morgan fingerprint density at radius 1 is 1.83 bits per heavy atom. The van der Waals surface area contributed by atoms with Crippen LogP contribution in [-0.2, 0) is 4.79 Å². The quantitative estimate of drug-likeness (QED) is 0.353. The van der Waals surface area contributed by atoms with E-state index >= 15 is 0 Å². The highest BCUT2D eigenvalue weighted by Crippen LogP contribution is 1.90. The summed E-state index contributed by atoms with van der Waals surface area (Å²) in [6.45, 7) is 1.76. The molecule has 0 aliphatic heterocycles. The Bertz CT molecular complexity index is 75.6. The minimum Gasteiger partial charge on any atom is -0.298 e. The van der Waals surface area contributed by atoms with Crippen molar-refractivity contribution in [3.8, 4) is 0 Å². The molecule has 0 radical (unpaired) electrons. The topological polar surface area (TPSA) is 17.1 Å². The molecule has 0 aliphatic carbocycles. The van der Waals surface area contributed by atoms with Gasteiger partial charge in [0.05, 0.1) is 0 Å². The molecule has 0 aliphatic rings. The van der Waals surface area contributed by atoms with Crippen LogP contribution in [0.25, 0.3) is 0 Å². The minimum absolute atomic E-state index is 0.774. The van der Waals surface area contributed by atoms with Crippen molar-refractivity contribution in [3.05, 3.63) is 9.66 Å². The summed E-state index contributed by atoms with van der Waals surface area (Å²) in [6, 6.07) is 0. The van der Waals surface area contributed by atoms with E-state index in [0.29, 0.717) is 0 Å². The van der Waals surface area contributed by atoms with Gasteiger partial charge in [-0.25, -0.2) is 0 Å². The largest absolute Gasteiger partial charge is 0.298 e. The first-order valence-electron chi connectivity index (χ1n) is 1.53. The molecule has 0 atom stereocenters. The molecule has 2 heteroatoms. The summed E-state index contributed by atoms with van der Waals surface area (Å²) in [4.78, 5) is 9.66. The first-order chi connectivity index (χ1) is 2.81. The first-order valence-corrected chi connectivity index (χ1v) is 2.78. The van der Waals surface area contributed by atoms with Crippen LogP contribution in [0.15, 0.2) is 9.66 Å². The zero-order valence-corrected chi connectivity index (χ0v) is 5.60. The molecule has 0 bridgehead atoms. The standard InChI is InChI=1S/C4H5IO/c1-4(2-5)3-6/h2-3H,1H3/b4-2+. The minimum atomic E-state index is 0.774. The van der Waals surface area contributed by atoms with Crippen LogP contribution in [0.5, 0.6) is 0 Å². The molecule has 0 fully saturated rings. The molecule has 0 saturated heterocycles. The highest BCUT2D eigenvalue weighted by Gasteiger charge is 1.73. The lowest BCUT2D eigenvalue weighted by atomic mass is 10.4. The van der Waals surface area contributed by atoms with Crippen molar-refractivity contribution in [1.82, 2.24) is 0 Å². The maximum Gasteiger partial charge on any atom is 0.146 e. The zero-order valence-electron chi connectivity index (χ0n) is 3.44. The lowest BCUT2D eigenvalue weighted by molar-refractivity contribution is -0.104. The number of aldehydes is 1. The fourth-order valence-electron chi connectivity index (χ4n) is 0.0257. The summed E-state index contributed by atoms with van der Waals surface area (Å²) < 4.78 is 1.74. The van der Waals surface area contributed by atoms with Crippen molar-refractivity contribution in [2.75, 3.05) is 0 Å². The molecule has 6 heavy (non-hydrogen) atoms. The summed E-state index contributed by atoms with van der Waals surface area (Å²) in [5, 5.41) is 0. The Labute approximate surface area is 50.6 Å². The van der Waals surface area contributed by atoms with Crippen LogP contribution < -0.4 is 0 Å². The van der Waals surface area contributed by atoms with Crippen molar-refractivity contribution in [3.63, 3.8) is 0 Å². The third-order valence-electron chi connectivity index (χ3n) is 0.358. The average Bonchev–Trinajstić information content (AvgIpc) is 1.65. The van der Waals surface area contributed by atoms with E-state index in [4.69, 9.17) is 0 Å². The summed E-state index contributed by atoms with van der Waals surface area (Å²) in [5.74, 6) is 0. The molecular weight excluding hydrogens is 191 g/mol. The lowest BCUT2D eigenvalue weighted by Gasteiger charge is -1.72. The Hall–Kier alpha value is 0.140. The molecule has 0 aromatic rings. The van der Waals surface area contributed by atoms with Crippen LogP contribution in [-0.4, -0.2) is 6.29 Å². The van der Waals surface area contributed by atoms with Crippen molar-refractivity contribution >= 4 is 28.9 Å². The van der Waals surface area contributed by atoms with Crippen molar-refractivity contribution in [2.24, 2.45) is 0 Å². The zero-order chi connectivity index (χ0) is 4.99. The van der Waals surface area contributed by atoms with E-state index in [-0.39, 0.29) is 0 Å². The second-order valence-electron chi connectivity index (χ2n) is 0.971. The smallest absolute Gasteiger partial charge is 0.146 e. The number of carbonyl (C=O) groups excluding carboxylic acids is 1. The van der Waals surface area contributed by atoms with Crippen molar-refractivity contribution < 1.29 is 4.79 Å². The highest BCUT2D eigenvalue weighted by atomic mass is 127. The number of halogens is 1. The van der Waals surface area contributed by atoms with Crippen LogP contribution in [0.4, 0.5) is 0 Å². The van der Waals surface area contributed by atoms with Crippen LogP contribution in [0, 0.1) is 0 Å². The molecule has 0 unspecified atom stereocenters. The molecule has 0 rings (SSSR count). The summed E-state index contributed by atoms with van der Waals surface area (Å²) >= 11 is 2.02. The molecule has 1 nitrogen and oxygen atoms in total. The monoisotopic (exact) mass is 196 g/mol. The van der Waals surface area contributed by atoms with E-state index in [2.05, 4.69) is 0 Å². The van der Waals surface area contributed by atoms with Crippen LogP contribution >= 0.6 is 22.6 Å². The van der Waals surface area contributed by atoms with Gasteiger partial charge in [-0.3, -0.25) is 4.79 Å². The predicted octanol–water partition coefficient (Wildman–Crippen LogP) is 1.52. The fourth-order valence-corrected chi connectivity index (χ4v) is 0.173. The molecule has 0 aromatic heterocycles. The maximum absolute atomic E-state index is 9.66. The number of hydrogen-bond acceptors (Lipinski definition) is 1. The van der Waals surface area contributed by atoms with Gasteiger partial charge in [0.2, 0.25) is 0 Å². The number of hydrogen-bond donors (Lipinski definition) is 0. The highest BCUT2D eigenvalue weighted by molar-refractivity contribution is 14.1. The number of rotatable bonds is 1. The number of allylic oxidation sites excluding steroid dienone is 1. The Morgan fingerprint density at radius 3 is 2.33 bits per heavy atom.